The molecule has 0 saturated carbocycles. The Bertz CT molecular complexity index is 797. The summed E-state index contributed by atoms with van der Waals surface area (Å²) in [4.78, 5) is 0. The molecule has 1 aromatic heterocycles. The summed E-state index contributed by atoms with van der Waals surface area (Å²) in [6.07, 6.45) is 1.57. The second-order valence-electron chi connectivity index (χ2n) is 4.46. The van der Waals surface area contributed by atoms with Gasteiger partial charge in [-0.15, -0.1) is 0 Å². The highest BCUT2D eigenvalue weighted by Gasteiger charge is 2.12. The third-order valence-electron chi connectivity index (χ3n) is 3.11. The van der Waals surface area contributed by atoms with Crippen LogP contribution in [0.15, 0.2) is 48.7 Å². The molecule has 1 heterocycles. The van der Waals surface area contributed by atoms with Gasteiger partial charge in [-0.1, -0.05) is 23.7 Å². The monoisotopic (exact) mass is 305 g/mol. The van der Waals surface area contributed by atoms with Crippen molar-refractivity contribution in [2.75, 3.05) is 5.73 Å². The molecule has 3 aromatic rings. The molecule has 0 aliphatic heterocycles. The number of aromatic nitrogens is 2. The summed E-state index contributed by atoms with van der Waals surface area (Å²) >= 11 is 5.76. The van der Waals surface area contributed by atoms with Crippen LogP contribution in [0.25, 0.3) is 16.8 Å². The van der Waals surface area contributed by atoms with Gasteiger partial charge in [-0.3, -0.25) is 0 Å². The minimum atomic E-state index is -0.509. The van der Waals surface area contributed by atoms with E-state index in [0.29, 0.717) is 17.1 Å². The van der Waals surface area contributed by atoms with E-state index in [9.17, 15) is 8.78 Å². The summed E-state index contributed by atoms with van der Waals surface area (Å²) < 4.78 is 27.6. The first-order chi connectivity index (χ1) is 10.1. The first-order valence-electron chi connectivity index (χ1n) is 6.11. The van der Waals surface area contributed by atoms with Gasteiger partial charge in [0.05, 0.1) is 16.9 Å². The van der Waals surface area contributed by atoms with Crippen LogP contribution >= 0.6 is 11.6 Å². The number of nitrogens with zero attached hydrogens (tertiary/aromatic N) is 2. The van der Waals surface area contributed by atoms with Crippen LogP contribution in [-0.4, -0.2) is 9.78 Å². The molecule has 0 aliphatic rings. The molecule has 0 bridgehead atoms. The summed E-state index contributed by atoms with van der Waals surface area (Å²) in [7, 11) is 0. The van der Waals surface area contributed by atoms with E-state index in [1.165, 1.54) is 35.0 Å². The zero-order valence-electron chi connectivity index (χ0n) is 10.7. The van der Waals surface area contributed by atoms with Crippen molar-refractivity contribution in [3.05, 3.63) is 65.3 Å². The van der Waals surface area contributed by atoms with Crippen molar-refractivity contribution < 1.29 is 8.78 Å². The predicted octanol–water partition coefficient (Wildman–Crippen LogP) is 4.05. The smallest absolute Gasteiger partial charge is 0.141 e. The Morgan fingerprint density at radius 2 is 1.76 bits per heavy atom. The van der Waals surface area contributed by atoms with E-state index >= 15 is 0 Å². The van der Waals surface area contributed by atoms with Gasteiger partial charge in [-0.2, -0.15) is 5.10 Å². The van der Waals surface area contributed by atoms with Crippen LogP contribution in [0, 0.1) is 11.6 Å². The molecule has 0 saturated heterocycles. The lowest BCUT2D eigenvalue weighted by atomic mass is 10.1. The predicted molar refractivity (Wildman–Crippen MR) is 78.3 cm³/mol. The molecule has 3 rings (SSSR count). The number of anilines is 1. The van der Waals surface area contributed by atoms with E-state index in [1.807, 2.05) is 0 Å². The van der Waals surface area contributed by atoms with Crippen LogP contribution in [0.5, 0.6) is 0 Å². The van der Waals surface area contributed by atoms with Crippen molar-refractivity contribution in [3.63, 3.8) is 0 Å². The van der Waals surface area contributed by atoms with Crippen molar-refractivity contribution in [3.8, 4) is 16.8 Å². The lowest BCUT2D eigenvalue weighted by Crippen LogP contribution is -2.02. The van der Waals surface area contributed by atoms with Gasteiger partial charge >= 0.3 is 0 Å². The first-order valence-corrected chi connectivity index (χ1v) is 6.49. The zero-order valence-corrected chi connectivity index (χ0v) is 11.5. The Morgan fingerprint density at radius 3 is 2.43 bits per heavy atom. The normalized spacial score (nSPS) is 10.8. The highest BCUT2D eigenvalue weighted by Crippen LogP contribution is 2.28. The van der Waals surface area contributed by atoms with Crippen LogP contribution < -0.4 is 5.73 Å². The van der Waals surface area contributed by atoms with Gasteiger partial charge in [0.2, 0.25) is 0 Å². The van der Waals surface area contributed by atoms with E-state index in [4.69, 9.17) is 17.3 Å². The summed E-state index contributed by atoms with van der Waals surface area (Å²) in [5.74, 6) is -0.468. The third-order valence-corrected chi connectivity index (χ3v) is 3.40. The highest BCUT2D eigenvalue weighted by molar-refractivity contribution is 6.30. The Balaban J connectivity index is 2.06. The highest BCUT2D eigenvalue weighted by atomic mass is 35.5. The fraction of sp³-hybridized carbons (Fsp3) is 0. The quantitative estimate of drug-likeness (QED) is 0.776. The maximum atomic E-state index is 13.2. The Labute approximate surface area is 124 Å². The van der Waals surface area contributed by atoms with Crippen molar-refractivity contribution >= 4 is 17.4 Å². The standard InChI is InChI=1S/C15H10ClF2N3/c16-13-7-11(5-6-14(13)18)21-15(19)12(8-20-21)9-1-3-10(17)4-2-9/h1-8H,19H2. The average Bonchev–Trinajstić information content (AvgIpc) is 2.85. The van der Waals surface area contributed by atoms with Gasteiger partial charge in [0, 0.05) is 5.56 Å². The van der Waals surface area contributed by atoms with Gasteiger partial charge in [-0.25, -0.2) is 13.5 Å². The molecule has 0 aliphatic carbocycles. The summed E-state index contributed by atoms with van der Waals surface area (Å²) in [5, 5.41) is 4.16. The number of nitrogens with two attached hydrogens (primary N) is 1. The van der Waals surface area contributed by atoms with Crippen LogP contribution in [0.1, 0.15) is 0 Å². The van der Waals surface area contributed by atoms with Crippen molar-refractivity contribution in [2.45, 2.75) is 0 Å². The lowest BCUT2D eigenvalue weighted by Gasteiger charge is -2.06. The molecule has 3 nitrogen and oxygen atoms in total. The Kier molecular flexibility index (Phi) is 3.35. The zero-order chi connectivity index (χ0) is 15.0. The number of hydrogen-bond donors (Lipinski definition) is 1. The molecule has 0 amide bonds. The van der Waals surface area contributed by atoms with Crippen LogP contribution in [0.2, 0.25) is 5.02 Å². The maximum absolute atomic E-state index is 13.2. The van der Waals surface area contributed by atoms with Crippen molar-refractivity contribution in [1.82, 2.24) is 9.78 Å². The molecule has 0 radical (unpaired) electrons. The largest absolute Gasteiger partial charge is 0.383 e. The molecular weight excluding hydrogens is 296 g/mol. The molecule has 2 N–H and O–H groups in total. The number of benzene rings is 2. The molecule has 0 fully saturated rings. The third kappa shape index (κ3) is 2.48. The van der Waals surface area contributed by atoms with Crippen molar-refractivity contribution in [2.24, 2.45) is 0 Å². The van der Waals surface area contributed by atoms with E-state index in [-0.39, 0.29) is 10.8 Å². The fourth-order valence-electron chi connectivity index (χ4n) is 2.03. The Morgan fingerprint density at radius 1 is 1.05 bits per heavy atom. The van der Waals surface area contributed by atoms with E-state index in [1.54, 1.807) is 18.3 Å². The molecule has 0 atom stereocenters. The van der Waals surface area contributed by atoms with Gasteiger partial charge in [-0.05, 0) is 35.9 Å². The van der Waals surface area contributed by atoms with Gasteiger partial charge in [0.1, 0.15) is 17.5 Å². The topological polar surface area (TPSA) is 43.8 Å². The molecule has 0 spiro atoms. The molecule has 6 heteroatoms. The van der Waals surface area contributed by atoms with Crippen molar-refractivity contribution in [1.29, 1.82) is 0 Å². The summed E-state index contributed by atoms with van der Waals surface area (Å²) in [5.41, 5.74) is 8.02. The van der Waals surface area contributed by atoms with Crippen LogP contribution in [0.3, 0.4) is 0 Å². The average molecular weight is 306 g/mol. The van der Waals surface area contributed by atoms with Gasteiger partial charge in [0.25, 0.3) is 0 Å². The second kappa shape index (κ2) is 5.18. The van der Waals surface area contributed by atoms with E-state index < -0.39 is 5.82 Å². The SMILES string of the molecule is Nc1c(-c2ccc(F)cc2)cnn1-c1ccc(F)c(Cl)c1. The fourth-order valence-corrected chi connectivity index (χ4v) is 2.21. The minimum Gasteiger partial charge on any atom is -0.383 e. The lowest BCUT2D eigenvalue weighted by molar-refractivity contribution is 0.627. The van der Waals surface area contributed by atoms with E-state index in [2.05, 4.69) is 5.10 Å². The second-order valence-corrected chi connectivity index (χ2v) is 4.87. The molecule has 0 unspecified atom stereocenters. The Hall–Kier alpha value is -2.40. The summed E-state index contributed by atoms with van der Waals surface area (Å²) in [6, 6.07) is 10.1. The number of nitrogen functional groups attached to an aromatic ring is 1. The summed E-state index contributed by atoms with van der Waals surface area (Å²) in [6.45, 7) is 0. The minimum absolute atomic E-state index is 0.00858. The van der Waals surface area contributed by atoms with Crippen LogP contribution in [-0.2, 0) is 0 Å². The van der Waals surface area contributed by atoms with Gasteiger partial charge < -0.3 is 5.73 Å². The number of rotatable bonds is 2. The molecule has 106 valence electrons. The molecular formula is C15H10ClF2N3. The van der Waals surface area contributed by atoms with Crippen LogP contribution in [0.4, 0.5) is 14.6 Å². The molecule has 21 heavy (non-hydrogen) atoms. The van der Waals surface area contributed by atoms with E-state index in [0.717, 1.165) is 5.56 Å². The molecule has 2 aromatic carbocycles. The first kappa shape index (κ1) is 13.6. The number of halogens is 3. The number of hydrogen-bond acceptors (Lipinski definition) is 2. The van der Waals surface area contributed by atoms with Gasteiger partial charge in [0.15, 0.2) is 0 Å². The maximum Gasteiger partial charge on any atom is 0.141 e.